The molecule has 1 nitrogen and oxygen atoms in total. The summed E-state index contributed by atoms with van der Waals surface area (Å²) >= 11 is 5.81. The maximum atomic E-state index is 13.8. The molecule has 0 N–H and O–H groups in total. The van der Waals surface area contributed by atoms with Crippen molar-refractivity contribution in [2.45, 2.75) is 19.8 Å². The molecule has 0 atom stereocenters. The van der Waals surface area contributed by atoms with Crippen molar-refractivity contribution in [3.05, 3.63) is 58.9 Å². The monoisotopic (exact) mass is 264 g/mol. The predicted octanol–water partition coefficient (Wildman–Crippen LogP) is 5.39. The molecule has 0 fully saturated rings. The van der Waals surface area contributed by atoms with Gasteiger partial charge >= 0.3 is 0 Å². The minimum absolute atomic E-state index is 0.0634. The molecular formula is C15H14ClFO. The minimum Gasteiger partial charge on any atom is -0.457 e. The van der Waals surface area contributed by atoms with Crippen LogP contribution in [-0.2, 0) is 0 Å². The predicted molar refractivity (Wildman–Crippen MR) is 72.0 cm³/mol. The van der Waals surface area contributed by atoms with E-state index in [0.29, 0.717) is 22.1 Å². The lowest BCUT2D eigenvalue weighted by Gasteiger charge is -2.14. The zero-order valence-electron chi connectivity index (χ0n) is 10.3. The first kappa shape index (κ1) is 12.9. The highest BCUT2D eigenvalue weighted by Crippen LogP contribution is 2.32. The maximum Gasteiger partial charge on any atom is 0.133 e. The first-order chi connectivity index (χ1) is 8.58. The second-order valence-corrected chi connectivity index (χ2v) is 4.80. The van der Waals surface area contributed by atoms with Gasteiger partial charge in [0.2, 0.25) is 0 Å². The first-order valence-electron chi connectivity index (χ1n) is 5.79. The Balaban J connectivity index is 2.34. The lowest BCUT2D eigenvalue weighted by molar-refractivity contribution is 0.462. The van der Waals surface area contributed by atoms with Crippen LogP contribution in [0.3, 0.4) is 0 Å². The van der Waals surface area contributed by atoms with Crippen molar-refractivity contribution in [1.82, 2.24) is 0 Å². The molecule has 94 valence electrons. The van der Waals surface area contributed by atoms with E-state index >= 15 is 0 Å². The molecule has 0 aliphatic rings. The molecule has 2 aromatic rings. The fourth-order valence-electron chi connectivity index (χ4n) is 1.80. The number of benzene rings is 2. The second kappa shape index (κ2) is 5.40. The molecule has 0 radical (unpaired) electrons. The Hall–Kier alpha value is -1.54. The van der Waals surface area contributed by atoms with Crippen LogP contribution in [0, 0.1) is 5.82 Å². The molecule has 18 heavy (non-hydrogen) atoms. The summed E-state index contributed by atoms with van der Waals surface area (Å²) < 4.78 is 19.5. The van der Waals surface area contributed by atoms with Gasteiger partial charge in [-0.1, -0.05) is 31.5 Å². The molecule has 0 amide bonds. The highest BCUT2D eigenvalue weighted by Gasteiger charge is 2.13. The molecule has 0 aromatic heterocycles. The molecule has 2 aromatic carbocycles. The molecule has 0 aliphatic carbocycles. The van der Waals surface area contributed by atoms with Crippen LogP contribution in [0.4, 0.5) is 4.39 Å². The number of hydrogen-bond acceptors (Lipinski definition) is 1. The summed E-state index contributed by atoms with van der Waals surface area (Å²) in [6.45, 7) is 3.88. The van der Waals surface area contributed by atoms with Crippen LogP contribution < -0.4 is 4.74 Å². The fourth-order valence-corrected chi connectivity index (χ4v) is 1.92. The van der Waals surface area contributed by atoms with Crippen molar-refractivity contribution < 1.29 is 9.13 Å². The fraction of sp³-hybridized carbons (Fsp3) is 0.200. The van der Waals surface area contributed by atoms with Crippen molar-refractivity contribution in [2.75, 3.05) is 0 Å². The third kappa shape index (κ3) is 2.82. The Morgan fingerprint density at radius 1 is 1.06 bits per heavy atom. The van der Waals surface area contributed by atoms with Gasteiger partial charge in [-0.05, 0) is 42.3 Å². The van der Waals surface area contributed by atoms with Gasteiger partial charge < -0.3 is 4.74 Å². The van der Waals surface area contributed by atoms with E-state index in [4.69, 9.17) is 16.3 Å². The SMILES string of the molecule is CC(C)c1c(F)cccc1Oc1ccc(Cl)cc1. The van der Waals surface area contributed by atoms with E-state index in [0.717, 1.165) is 0 Å². The molecular weight excluding hydrogens is 251 g/mol. The lowest BCUT2D eigenvalue weighted by Crippen LogP contribution is -1.97. The summed E-state index contributed by atoms with van der Waals surface area (Å²) in [5.74, 6) is 1.02. The summed E-state index contributed by atoms with van der Waals surface area (Å²) in [5.41, 5.74) is 0.590. The molecule has 2 rings (SSSR count). The van der Waals surface area contributed by atoms with Crippen molar-refractivity contribution in [2.24, 2.45) is 0 Å². The van der Waals surface area contributed by atoms with Crippen LogP contribution in [0.1, 0.15) is 25.3 Å². The van der Waals surface area contributed by atoms with Gasteiger partial charge in [0.1, 0.15) is 17.3 Å². The normalized spacial score (nSPS) is 10.7. The summed E-state index contributed by atoms with van der Waals surface area (Å²) in [4.78, 5) is 0. The smallest absolute Gasteiger partial charge is 0.133 e. The minimum atomic E-state index is -0.239. The van der Waals surface area contributed by atoms with Gasteiger partial charge in [-0.2, -0.15) is 0 Å². The summed E-state index contributed by atoms with van der Waals surface area (Å²) in [6, 6.07) is 11.9. The van der Waals surface area contributed by atoms with Crippen LogP contribution in [0.15, 0.2) is 42.5 Å². The third-order valence-corrected chi connectivity index (χ3v) is 2.88. The van der Waals surface area contributed by atoms with E-state index in [1.807, 2.05) is 13.8 Å². The maximum absolute atomic E-state index is 13.8. The van der Waals surface area contributed by atoms with Crippen molar-refractivity contribution >= 4 is 11.6 Å². The Bertz CT molecular complexity index is 535. The van der Waals surface area contributed by atoms with E-state index in [1.54, 1.807) is 36.4 Å². The number of rotatable bonds is 3. The molecule has 3 heteroatoms. The highest BCUT2D eigenvalue weighted by molar-refractivity contribution is 6.30. The summed E-state index contributed by atoms with van der Waals surface area (Å²) in [6.07, 6.45) is 0. The zero-order chi connectivity index (χ0) is 13.1. The van der Waals surface area contributed by atoms with E-state index in [-0.39, 0.29) is 11.7 Å². The van der Waals surface area contributed by atoms with Gasteiger partial charge in [-0.3, -0.25) is 0 Å². The quantitative estimate of drug-likeness (QED) is 0.722. The van der Waals surface area contributed by atoms with Crippen molar-refractivity contribution in [1.29, 1.82) is 0 Å². The number of halogens is 2. The van der Waals surface area contributed by atoms with Gasteiger partial charge in [0.25, 0.3) is 0 Å². The van der Waals surface area contributed by atoms with Crippen molar-refractivity contribution in [3.63, 3.8) is 0 Å². The number of hydrogen-bond donors (Lipinski definition) is 0. The van der Waals surface area contributed by atoms with Gasteiger partial charge in [0, 0.05) is 10.6 Å². The molecule has 0 saturated heterocycles. The highest BCUT2D eigenvalue weighted by atomic mass is 35.5. The summed E-state index contributed by atoms with van der Waals surface area (Å²) in [7, 11) is 0. The van der Waals surface area contributed by atoms with Crippen LogP contribution in [0.5, 0.6) is 11.5 Å². The molecule has 0 saturated carbocycles. The molecule has 0 heterocycles. The van der Waals surface area contributed by atoms with Gasteiger partial charge in [0.05, 0.1) is 0 Å². The Morgan fingerprint density at radius 3 is 2.33 bits per heavy atom. The second-order valence-electron chi connectivity index (χ2n) is 4.36. The molecule has 0 bridgehead atoms. The van der Waals surface area contributed by atoms with Crippen LogP contribution in [0.2, 0.25) is 5.02 Å². The van der Waals surface area contributed by atoms with Crippen LogP contribution >= 0.6 is 11.6 Å². The number of ether oxygens (including phenoxy) is 1. The van der Waals surface area contributed by atoms with E-state index in [2.05, 4.69) is 0 Å². The Morgan fingerprint density at radius 2 is 1.72 bits per heavy atom. The molecule has 0 unspecified atom stereocenters. The molecule has 0 spiro atoms. The zero-order valence-corrected chi connectivity index (χ0v) is 11.0. The van der Waals surface area contributed by atoms with Gasteiger partial charge in [-0.25, -0.2) is 4.39 Å². The first-order valence-corrected chi connectivity index (χ1v) is 6.17. The van der Waals surface area contributed by atoms with Crippen molar-refractivity contribution in [3.8, 4) is 11.5 Å². The Kier molecular flexibility index (Phi) is 3.87. The average Bonchev–Trinajstić information content (AvgIpc) is 2.32. The van der Waals surface area contributed by atoms with Crippen LogP contribution in [0.25, 0.3) is 0 Å². The third-order valence-electron chi connectivity index (χ3n) is 2.63. The summed E-state index contributed by atoms with van der Waals surface area (Å²) in [5, 5.41) is 0.644. The largest absolute Gasteiger partial charge is 0.457 e. The molecule has 0 aliphatic heterocycles. The van der Waals surface area contributed by atoms with Gasteiger partial charge in [-0.15, -0.1) is 0 Å². The Labute approximate surface area is 111 Å². The van der Waals surface area contributed by atoms with E-state index in [9.17, 15) is 4.39 Å². The topological polar surface area (TPSA) is 9.23 Å². The van der Waals surface area contributed by atoms with E-state index < -0.39 is 0 Å². The van der Waals surface area contributed by atoms with E-state index in [1.165, 1.54) is 6.07 Å². The van der Waals surface area contributed by atoms with Crippen LogP contribution in [-0.4, -0.2) is 0 Å². The standard InChI is InChI=1S/C15H14ClFO/c1-10(2)15-13(17)4-3-5-14(15)18-12-8-6-11(16)7-9-12/h3-10H,1-2H3. The van der Waals surface area contributed by atoms with Gasteiger partial charge in [0.15, 0.2) is 0 Å². The average molecular weight is 265 g/mol. The lowest BCUT2D eigenvalue weighted by atomic mass is 10.0.